The molecule has 0 radical (unpaired) electrons. The average molecular weight is 247 g/mol. The lowest BCUT2D eigenvalue weighted by Gasteiger charge is -2.38. The molecule has 1 N–H and O–H groups in total. The third-order valence-electron chi connectivity index (χ3n) is 3.95. The molecule has 3 heterocycles. The summed E-state index contributed by atoms with van der Waals surface area (Å²) in [6.07, 6.45) is 6.23. The van der Waals surface area contributed by atoms with Crippen LogP contribution in [0.2, 0.25) is 0 Å². The minimum atomic E-state index is 0. The number of methoxy groups -OCH3 is 1. The molecule has 4 heteroatoms. The standard InChI is InChI=1S/C14H19N3O.H2/c1-10-3-5-17(10)6-4-11-8-15-14-13(11)7-12(18-2)9-16-14;/h7-10H,3-6H2,1-2H3,(H,15,16);1H/t10-;/m0./s1. The van der Waals surface area contributed by atoms with Crippen LogP contribution in [-0.2, 0) is 6.42 Å². The van der Waals surface area contributed by atoms with Gasteiger partial charge in [-0.1, -0.05) is 0 Å². The Kier molecular flexibility index (Phi) is 2.96. The van der Waals surface area contributed by atoms with E-state index >= 15 is 0 Å². The summed E-state index contributed by atoms with van der Waals surface area (Å²) in [6, 6.07) is 2.82. The van der Waals surface area contributed by atoms with Crippen molar-refractivity contribution in [3.05, 3.63) is 24.0 Å². The fourth-order valence-electron chi connectivity index (χ4n) is 2.52. The van der Waals surface area contributed by atoms with E-state index in [0.29, 0.717) is 0 Å². The molecule has 1 aliphatic rings. The number of likely N-dealkylation sites (tertiary alicyclic amines) is 1. The summed E-state index contributed by atoms with van der Waals surface area (Å²) in [5.74, 6) is 0.820. The third kappa shape index (κ3) is 1.97. The van der Waals surface area contributed by atoms with Gasteiger partial charge in [-0.15, -0.1) is 0 Å². The van der Waals surface area contributed by atoms with E-state index in [4.69, 9.17) is 4.74 Å². The predicted molar refractivity (Wildman–Crippen MR) is 74.1 cm³/mol. The lowest BCUT2D eigenvalue weighted by atomic mass is 10.0. The van der Waals surface area contributed by atoms with Crippen LogP contribution in [0.3, 0.4) is 0 Å². The Morgan fingerprint density at radius 3 is 3.17 bits per heavy atom. The van der Waals surface area contributed by atoms with Crippen LogP contribution in [0.15, 0.2) is 18.5 Å². The Bertz CT molecular complexity index is 555. The summed E-state index contributed by atoms with van der Waals surface area (Å²) in [7, 11) is 1.68. The highest BCUT2D eigenvalue weighted by atomic mass is 16.5. The second kappa shape index (κ2) is 4.61. The number of hydrogen-bond acceptors (Lipinski definition) is 3. The van der Waals surface area contributed by atoms with Crippen molar-refractivity contribution in [2.45, 2.75) is 25.8 Å². The molecule has 0 amide bonds. The number of aromatic amines is 1. The maximum Gasteiger partial charge on any atom is 0.137 e. The minimum absolute atomic E-state index is 0. The second-order valence-corrected chi connectivity index (χ2v) is 5.01. The van der Waals surface area contributed by atoms with Gasteiger partial charge >= 0.3 is 0 Å². The Morgan fingerprint density at radius 1 is 1.61 bits per heavy atom. The van der Waals surface area contributed by atoms with E-state index in [1.807, 2.05) is 0 Å². The topological polar surface area (TPSA) is 41.1 Å². The van der Waals surface area contributed by atoms with Crippen molar-refractivity contribution in [2.75, 3.05) is 20.2 Å². The van der Waals surface area contributed by atoms with Gasteiger partial charge in [-0.3, -0.25) is 0 Å². The van der Waals surface area contributed by atoms with Crippen molar-refractivity contribution in [2.24, 2.45) is 0 Å². The van der Waals surface area contributed by atoms with Gasteiger partial charge in [0.05, 0.1) is 13.3 Å². The molecule has 0 aromatic carbocycles. The normalized spacial score (nSPS) is 20.0. The highest BCUT2D eigenvalue weighted by molar-refractivity contribution is 5.80. The van der Waals surface area contributed by atoms with Gasteiger partial charge in [-0.05, 0) is 37.9 Å². The van der Waals surface area contributed by atoms with Crippen molar-refractivity contribution in [1.82, 2.24) is 14.9 Å². The van der Waals surface area contributed by atoms with E-state index in [1.54, 1.807) is 13.3 Å². The smallest absolute Gasteiger partial charge is 0.137 e. The average Bonchev–Trinajstić information content (AvgIpc) is 2.79. The van der Waals surface area contributed by atoms with Gasteiger partial charge in [-0.2, -0.15) is 0 Å². The predicted octanol–water partition coefficient (Wildman–Crippen LogP) is 2.45. The van der Waals surface area contributed by atoms with E-state index in [0.717, 1.165) is 30.4 Å². The number of ether oxygens (including phenoxy) is 1. The maximum atomic E-state index is 5.23. The molecule has 1 saturated heterocycles. The van der Waals surface area contributed by atoms with Gasteiger partial charge in [0.15, 0.2) is 0 Å². The van der Waals surface area contributed by atoms with Crippen LogP contribution >= 0.6 is 0 Å². The zero-order valence-electron chi connectivity index (χ0n) is 10.9. The van der Waals surface area contributed by atoms with E-state index < -0.39 is 0 Å². The Balaban J connectivity index is 0.00000133. The van der Waals surface area contributed by atoms with E-state index in [2.05, 4.69) is 34.1 Å². The lowest BCUT2D eigenvalue weighted by molar-refractivity contribution is 0.107. The van der Waals surface area contributed by atoms with Crippen LogP contribution in [0.1, 0.15) is 20.3 Å². The number of rotatable bonds is 4. The highest BCUT2D eigenvalue weighted by Gasteiger charge is 2.22. The summed E-state index contributed by atoms with van der Waals surface area (Å²) in [4.78, 5) is 10.1. The van der Waals surface area contributed by atoms with Crippen molar-refractivity contribution in [1.29, 1.82) is 0 Å². The molecular weight excluding hydrogens is 226 g/mol. The molecule has 4 nitrogen and oxygen atoms in total. The van der Waals surface area contributed by atoms with Gasteiger partial charge in [-0.25, -0.2) is 4.98 Å². The molecule has 3 rings (SSSR count). The Morgan fingerprint density at radius 2 is 2.50 bits per heavy atom. The maximum absolute atomic E-state index is 5.23. The van der Waals surface area contributed by atoms with Crippen LogP contribution < -0.4 is 4.74 Å². The summed E-state index contributed by atoms with van der Waals surface area (Å²) < 4.78 is 5.23. The first-order valence-corrected chi connectivity index (χ1v) is 6.52. The quantitative estimate of drug-likeness (QED) is 0.902. The number of pyridine rings is 1. The molecule has 18 heavy (non-hydrogen) atoms. The van der Waals surface area contributed by atoms with Crippen LogP contribution in [0.4, 0.5) is 0 Å². The van der Waals surface area contributed by atoms with Crippen molar-refractivity contribution in [3.8, 4) is 5.75 Å². The van der Waals surface area contributed by atoms with Crippen LogP contribution in [0.25, 0.3) is 11.0 Å². The first-order valence-electron chi connectivity index (χ1n) is 6.52. The number of H-pyrrole nitrogens is 1. The molecule has 2 aromatic rings. The van der Waals surface area contributed by atoms with Gasteiger partial charge in [0, 0.05) is 25.6 Å². The molecule has 1 aliphatic heterocycles. The molecule has 1 atom stereocenters. The zero-order chi connectivity index (χ0) is 12.5. The Labute approximate surface area is 108 Å². The van der Waals surface area contributed by atoms with Gasteiger partial charge in [0.1, 0.15) is 11.4 Å². The number of fused-ring (bicyclic) bond motifs is 1. The van der Waals surface area contributed by atoms with Crippen LogP contribution in [-0.4, -0.2) is 41.1 Å². The first kappa shape index (κ1) is 11.5. The molecule has 0 aliphatic carbocycles. The van der Waals surface area contributed by atoms with E-state index in [9.17, 15) is 0 Å². The van der Waals surface area contributed by atoms with E-state index in [-0.39, 0.29) is 1.43 Å². The summed E-state index contributed by atoms with van der Waals surface area (Å²) in [5.41, 5.74) is 2.28. The summed E-state index contributed by atoms with van der Waals surface area (Å²) in [6.45, 7) is 4.67. The number of aromatic nitrogens is 2. The molecule has 98 valence electrons. The second-order valence-electron chi connectivity index (χ2n) is 5.01. The number of nitrogens with zero attached hydrogens (tertiary/aromatic N) is 2. The number of hydrogen-bond donors (Lipinski definition) is 1. The van der Waals surface area contributed by atoms with Gasteiger partial charge in [0.25, 0.3) is 0 Å². The minimum Gasteiger partial charge on any atom is -0.495 e. The zero-order valence-corrected chi connectivity index (χ0v) is 10.9. The lowest BCUT2D eigenvalue weighted by Crippen LogP contribution is -2.46. The summed E-state index contributed by atoms with van der Waals surface area (Å²) >= 11 is 0. The Hall–Kier alpha value is -1.55. The fraction of sp³-hybridized carbons (Fsp3) is 0.500. The van der Waals surface area contributed by atoms with Crippen LogP contribution in [0.5, 0.6) is 5.75 Å². The van der Waals surface area contributed by atoms with Crippen molar-refractivity contribution >= 4 is 11.0 Å². The van der Waals surface area contributed by atoms with Crippen molar-refractivity contribution in [3.63, 3.8) is 0 Å². The third-order valence-corrected chi connectivity index (χ3v) is 3.95. The molecule has 2 aromatic heterocycles. The molecule has 0 bridgehead atoms. The number of nitrogens with one attached hydrogen (secondary N) is 1. The molecule has 0 unspecified atom stereocenters. The first-order chi connectivity index (χ1) is 8.78. The monoisotopic (exact) mass is 247 g/mol. The molecule has 0 saturated carbocycles. The molecule has 0 spiro atoms. The summed E-state index contributed by atoms with van der Waals surface area (Å²) in [5, 5.41) is 1.18. The van der Waals surface area contributed by atoms with Gasteiger partial charge < -0.3 is 14.6 Å². The molecular formula is C14H21N3O. The highest BCUT2D eigenvalue weighted by Crippen LogP contribution is 2.23. The molecule has 1 fully saturated rings. The van der Waals surface area contributed by atoms with Crippen LogP contribution in [0, 0.1) is 0 Å². The van der Waals surface area contributed by atoms with E-state index in [1.165, 1.54) is 23.9 Å². The SMILES string of the molecule is COc1cnc2[nH]cc(CCN3CC[C@@H]3C)c2c1.[HH]. The van der Waals surface area contributed by atoms with Crippen molar-refractivity contribution < 1.29 is 6.16 Å². The fourth-order valence-corrected chi connectivity index (χ4v) is 2.52. The largest absolute Gasteiger partial charge is 0.495 e. The van der Waals surface area contributed by atoms with Gasteiger partial charge in [0.2, 0.25) is 0 Å².